The molecule has 1 amide bonds. The van der Waals surface area contributed by atoms with Gasteiger partial charge in [0.25, 0.3) is 0 Å². The number of nitrogens with zero attached hydrogens (tertiary/aromatic N) is 2. The molecule has 0 fully saturated rings. The van der Waals surface area contributed by atoms with Crippen LogP contribution < -0.4 is 5.32 Å². The van der Waals surface area contributed by atoms with Crippen LogP contribution in [0.25, 0.3) is 0 Å². The lowest BCUT2D eigenvalue weighted by atomic mass is 10.1. The first-order valence-electron chi connectivity index (χ1n) is 4.83. The Bertz CT molecular complexity index is 518. The average Bonchev–Trinajstić information content (AvgIpc) is 2.46. The molecule has 0 spiro atoms. The van der Waals surface area contributed by atoms with E-state index in [9.17, 15) is 13.2 Å². The van der Waals surface area contributed by atoms with Gasteiger partial charge in [0.1, 0.15) is 9.84 Å². The van der Waals surface area contributed by atoms with Gasteiger partial charge in [0.2, 0.25) is 0 Å². The number of rotatable bonds is 4. The highest BCUT2D eigenvalue weighted by atomic mass is 32.2. The first-order valence-corrected chi connectivity index (χ1v) is 6.89. The minimum absolute atomic E-state index is 0.0752. The molecule has 0 radical (unpaired) electrons. The third kappa shape index (κ3) is 4.06. The van der Waals surface area contributed by atoms with Crippen molar-refractivity contribution in [2.24, 2.45) is 0 Å². The van der Waals surface area contributed by atoms with Crippen LogP contribution in [0.5, 0.6) is 0 Å². The lowest BCUT2D eigenvalue weighted by Gasteiger charge is -2.24. The van der Waals surface area contributed by atoms with Crippen molar-refractivity contribution in [2.75, 3.05) is 17.3 Å². The fourth-order valence-electron chi connectivity index (χ4n) is 1.55. The van der Waals surface area contributed by atoms with E-state index in [1.165, 1.54) is 17.1 Å². The van der Waals surface area contributed by atoms with Gasteiger partial charge >= 0.3 is 6.09 Å². The minimum atomic E-state index is -3.14. The maximum Gasteiger partial charge on any atom is 0.409 e. The minimum Gasteiger partial charge on any atom is -0.465 e. The van der Waals surface area contributed by atoms with Crippen molar-refractivity contribution < 1.29 is 18.3 Å². The fourth-order valence-corrected chi connectivity index (χ4v) is 2.97. The highest BCUT2D eigenvalue weighted by molar-refractivity contribution is 7.90. The van der Waals surface area contributed by atoms with E-state index in [-0.39, 0.29) is 5.75 Å². The molecule has 1 aromatic heterocycles. The molecule has 0 aromatic carbocycles. The molecule has 17 heavy (non-hydrogen) atoms. The number of hydrogen-bond donors (Lipinski definition) is 2. The van der Waals surface area contributed by atoms with Crippen molar-refractivity contribution in [1.82, 2.24) is 9.78 Å². The Labute approximate surface area is 99.4 Å². The molecule has 0 aliphatic carbocycles. The third-order valence-electron chi connectivity index (χ3n) is 2.07. The number of anilines is 1. The molecule has 96 valence electrons. The molecule has 8 heteroatoms. The Morgan fingerprint density at radius 3 is 2.65 bits per heavy atom. The summed E-state index contributed by atoms with van der Waals surface area (Å²) in [6.45, 7) is 3.43. The normalized spacial score (nSPS) is 12.4. The summed E-state index contributed by atoms with van der Waals surface area (Å²) in [4.78, 5) is 10.4. The molecular weight excluding hydrogens is 246 g/mol. The quantitative estimate of drug-likeness (QED) is 0.832. The summed E-state index contributed by atoms with van der Waals surface area (Å²) >= 11 is 0. The smallest absolute Gasteiger partial charge is 0.409 e. The van der Waals surface area contributed by atoms with Crippen molar-refractivity contribution in [1.29, 1.82) is 0 Å². The van der Waals surface area contributed by atoms with E-state index >= 15 is 0 Å². The van der Waals surface area contributed by atoms with Crippen LogP contribution >= 0.6 is 0 Å². The summed E-state index contributed by atoms with van der Waals surface area (Å²) in [5.74, 6) is -0.0752. The predicted molar refractivity (Wildman–Crippen MR) is 62.9 cm³/mol. The Morgan fingerprint density at radius 2 is 2.18 bits per heavy atom. The zero-order valence-electron chi connectivity index (χ0n) is 9.84. The Balaban J connectivity index is 2.92. The average molecular weight is 261 g/mol. The molecule has 1 rings (SSSR count). The van der Waals surface area contributed by atoms with Crippen LogP contribution in [0.1, 0.15) is 13.8 Å². The van der Waals surface area contributed by atoms with Gasteiger partial charge in [-0.15, -0.1) is 0 Å². The van der Waals surface area contributed by atoms with Crippen molar-refractivity contribution in [3.8, 4) is 0 Å². The highest BCUT2D eigenvalue weighted by Crippen LogP contribution is 2.18. The van der Waals surface area contributed by atoms with Gasteiger partial charge in [0, 0.05) is 12.5 Å². The van der Waals surface area contributed by atoms with Crippen molar-refractivity contribution in [2.45, 2.75) is 19.4 Å². The van der Waals surface area contributed by atoms with Crippen LogP contribution in [0.15, 0.2) is 12.4 Å². The van der Waals surface area contributed by atoms with Crippen molar-refractivity contribution >= 4 is 21.6 Å². The maximum absolute atomic E-state index is 11.3. The Kier molecular flexibility index (Phi) is 3.46. The van der Waals surface area contributed by atoms with Gasteiger partial charge in [-0.25, -0.2) is 13.2 Å². The number of hydrogen-bond acceptors (Lipinski definition) is 4. The number of aromatic nitrogens is 2. The predicted octanol–water partition coefficient (Wildman–Crippen LogP) is 0.753. The highest BCUT2D eigenvalue weighted by Gasteiger charge is 2.26. The number of carbonyl (C=O) groups is 1. The fraction of sp³-hybridized carbons (Fsp3) is 0.556. The monoisotopic (exact) mass is 261 g/mol. The summed E-state index contributed by atoms with van der Waals surface area (Å²) in [5.41, 5.74) is -0.425. The Hall–Kier alpha value is -1.57. The van der Waals surface area contributed by atoms with Gasteiger partial charge in [0.05, 0.1) is 23.2 Å². The molecule has 0 aliphatic rings. The summed E-state index contributed by atoms with van der Waals surface area (Å²) in [7, 11) is -3.14. The van der Waals surface area contributed by atoms with Gasteiger partial charge in [-0.3, -0.25) is 10.00 Å². The molecule has 7 nitrogen and oxygen atoms in total. The van der Waals surface area contributed by atoms with E-state index in [4.69, 9.17) is 5.11 Å². The molecule has 0 bridgehead atoms. The molecule has 0 saturated carbocycles. The van der Waals surface area contributed by atoms with Crippen LogP contribution in [0, 0.1) is 0 Å². The summed E-state index contributed by atoms with van der Waals surface area (Å²) in [5, 5.41) is 14.6. The number of nitrogens with one attached hydrogen (secondary N) is 1. The molecule has 1 aromatic rings. The second kappa shape index (κ2) is 4.36. The summed E-state index contributed by atoms with van der Waals surface area (Å²) in [6, 6.07) is 0. The molecule has 0 saturated heterocycles. The van der Waals surface area contributed by atoms with E-state index in [2.05, 4.69) is 10.4 Å². The molecular formula is C9H15N3O4S. The summed E-state index contributed by atoms with van der Waals surface area (Å²) in [6.07, 6.45) is 2.75. The van der Waals surface area contributed by atoms with Crippen LogP contribution in [-0.4, -0.2) is 41.4 Å². The number of amides is 1. The SMILES string of the molecule is CC(C)(CS(C)(=O)=O)n1cc(NC(=O)O)cn1. The van der Waals surface area contributed by atoms with E-state index in [1.807, 2.05) is 0 Å². The third-order valence-corrected chi connectivity index (χ3v) is 3.30. The van der Waals surface area contributed by atoms with Gasteiger partial charge in [-0.1, -0.05) is 0 Å². The van der Waals surface area contributed by atoms with Gasteiger partial charge < -0.3 is 5.11 Å². The molecule has 0 aliphatic heterocycles. The number of sulfone groups is 1. The molecule has 0 unspecified atom stereocenters. The van der Waals surface area contributed by atoms with Gasteiger partial charge in [-0.05, 0) is 13.8 Å². The van der Waals surface area contributed by atoms with Crippen LogP contribution in [0.2, 0.25) is 0 Å². The zero-order valence-corrected chi connectivity index (χ0v) is 10.7. The number of carboxylic acid groups (broad SMARTS) is 1. The first kappa shape index (κ1) is 13.5. The van der Waals surface area contributed by atoms with Gasteiger partial charge in [0.15, 0.2) is 0 Å². The van der Waals surface area contributed by atoms with E-state index in [0.717, 1.165) is 6.26 Å². The second-order valence-corrected chi connectivity index (χ2v) is 6.63. The van der Waals surface area contributed by atoms with E-state index in [0.29, 0.717) is 5.69 Å². The molecule has 0 atom stereocenters. The van der Waals surface area contributed by atoms with Gasteiger partial charge in [-0.2, -0.15) is 5.10 Å². The van der Waals surface area contributed by atoms with Crippen molar-refractivity contribution in [3.05, 3.63) is 12.4 Å². The van der Waals surface area contributed by atoms with E-state index in [1.54, 1.807) is 13.8 Å². The van der Waals surface area contributed by atoms with Crippen molar-refractivity contribution in [3.63, 3.8) is 0 Å². The summed E-state index contributed by atoms with van der Waals surface area (Å²) < 4.78 is 23.9. The molecule has 1 heterocycles. The standard InChI is InChI=1S/C9H15N3O4S/c1-9(2,6-17(3,15)16)12-5-7(4-10-12)11-8(13)14/h4-5,11H,6H2,1-3H3,(H,13,14). The topological polar surface area (TPSA) is 101 Å². The van der Waals surface area contributed by atoms with Crippen LogP contribution in [0.3, 0.4) is 0 Å². The maximum atomic E-state index is 11.3. The van der Waals surface area contributed by atoms with E-state index < -0.39 is 21.5 Å². The largest absolute Gasteiger partial charge is 0.465 e. The first-order chi connectivity index (χ1) is 7.60. The Morgan fingerprint density at radius 1 is 1.59 bits per heavy atom. The second-order valence-electron chi connectivity index (χ2n) is 4.49. The van der Waals surface area contributed by atoms with Crippen LogP contribution in [-0.2, 0) is 15.4 Å². The molecule has 2 N–H and O–H groups in total. The lowest BCUT2D eigenvalue weighted by molar-refractivity contribution is 0.209. The lowest BCUT2D eigenvalue weighted by Crippen LogP contribution is -2.34. The van der Waals surface area contributed by atoms with Crippen LogP contribution in [0.4, 0.5) is 10.5 Å². The zero-order chi connectivity index (χ0) is 13.3.